The number of unbranched alkanes of at least 4 members (excludes halogenated alkanes) is 2. The summed E-state index contributed by atoms with van der Waals surface area (Å²) in [5, 5.41) is 12.3. The minimum absolute atomic E-state index is 0.319. The number of nitrogens with two attached hydrogens (primary N) is 1. The number of carbonyl (C=O) groups excluding carboxylic acids is 1. The van der Waals surface area contributed by atoms with Gasteiger partial charge in [0.05, 0.1) is 24.2 Å². The standard InChI is InChI=1S/C17H26N6O.C9H13NO.C5H10O/c1-12-6-7-19-17(20-12)21-14-10-13(18)15(11-16(14)24-5)23(4)9-8-22(2)3;1-7-4-5-8(11)6-9(7)10(2)3;1-2-3-4-5-6/h6-7,10-11H,8-9,18H2,1-5H3,(H,19,20,21);4-6,11H,1-3H3;5H,2-4H2,1H3. The van der Waals surface area contributed by atoms with E-state index in [-0.39, 0.29) is 0 Å². The second-order valence-electron chi connectivity index (χ2n) is 10.2. The summed E-state index contributed by atoms with van der Waals surface area (Å²) in [6.45, 7) is 7.82. The summed E-state index contributed by atoms with van der Waals surface area (Å²) < 4.78 is 5.51. The highest BCUT2D eigenvalue weighted by Crippen LogP contribution is 2.36. The van der Waals surface area contributed by atoms with Crippen LogP contribution in [0.25, 0.3) is 0 Å². The zero-order chi connectivity index (χ0) is 30.9. The van der Waals surface area contributed by atoms with Crippen LogP contribution in [0.5, 0.6) is 11.5 Å². The average molecular weight is 568 g/mol. The van der Waals surface area contributed by atoms with Crippen LogP contribution in [0.2, 0.25) is 0 Å². The van der Waals surface area contributed by atoms with E-state index in [2.05, 4.69) is 32.0 Å². The van der Waals surface area contributed by atoms with Crippen molar-refractivity contribution in [1.29, 1.82) is 0 Å². The third kappa shape index (κ3) is 12.8. The summed E-state index contributed by atoms with van der Waals surface area (Å²) in [6.07, 6.45) is 5.58. The second kappa shape index (κ2) is 18.3. The predicted octanol–water partition coefficient (Wildman–Crippen LogP) is 5.26. The number of methoxy groups -OCH3 is 1. The topological polar surface area (TPSA) is 120 Å². The van der Waals surface area contributed by atoms with Gasteiger partial charge in [0.1, 0.15) is 17.8 Å². The highest BCUT2D eigenvalue weighted by molar-refractivity contribution is 5.79. The summed E-state index contributed by atoms with van der Waals surface area (Å²) >= 11 is 0. The molecule has 0 aliphatic heterocycles. The van der Waals surface area contributed by atoms with Crippen molar-refractivity contribution >= 4 is 35.0 Å². The molecule has 0 aliphatic rings. The maximum atomic E-state index is 9.56. The van der Waals surface area contributed by atoms with Crippen molar-refractivity contribution in [2.24, 2.45) is 0 Å². The molecule has 3 rings (SSSR count). The number of ether oxygens (including phenoxy) is 1. The molecule has 0 fully saturated rings. The Morgan fingerprint density at radius 1 is 1.02 bits per heavy atom. The van der Waals surface area contributed by atoms with Gasteiger partial charge in [-0.1, -0.05) is 19.4 Å². The lowest BCUT2D eigenvalue weighted by molar-refractivity contribution is -0.107. The molecular weight excluding hydrogens is 518 g/mol. The van der Waals surface area contributed by atoms with E-state index in [1.165, 1.54) is 5.56 Å². The Balaban J connectivity index is 0.000000406. The van der Waals surface area contributed by atoms with Crippen LogP contribution >= 0.6 is 0 Å². The number of phenolic OH excluding ortho intramolecular Hbond substituents is 1. The number of nitrogen functional groups attached to an aromatic ring is 1. The summed E-state index contributed by atoms with van der Waals surface area (Å²) in [5.74, 6) is 1.53. The van der Waals surface area contributed by atoms with Crippen molar-refractivity contribution in [2.45, 2.75) is 40.0 Å². The molecule has 10 nitrogen and oxygen atoms in total. The quantitative estimate of drug-likeness (QED) is 0.161. The van der Waals surface area contributed by atoms with Gasteiger partial charge in [0, 0.05) is 70.4 Å². The van der Waals surface area contributed by atoms with E-state index in [0.717, 1.165) is 61.4 Å². The monoisotopic (exact) mass is 567 g/mol. The van der Waals surface area contributed by atoms with E-state index in [1.807, 2.05) is 78.3 Å². The first-order valence-corrected chi connectivity index (χ1v) is 13.7. The number of aromatic hydroxyl groups is 1. The molecule has 0 saturated carbocycles. The molecular formula is C31H49N7O3. The first-order chi connectivity index (χ1) is 19.4. The normalized spacial score (nSPS) is 10.1. The Bertz CT molecular complexity index is 1200. The Kier molecular flexibility index (Phi) is 15.6. The molecule has 2 aromatic carbocycles. The van der Waals surface area contributed by atoms with Crippen molar-refractivity contribution in [3.05, 3.63) is 53.9 Å². The molecule has 0 amide bonds. The molecule has 10 heteroatoms. The van der Waals surface area contributed by atoms with Crippen molar-refractivity contribution in [2.75, 3.05) is 76.3 Å². The molecule has 41 heavy (non-hydrogen) atoms. The fraction of sp³-hybridized carbons (Fsp3) is 0.452. The number of nitrogens with one attached hydrogen (secondary N) is 1. The zero-order valence-corrected chi connectivity index (χ0v) is 26.2. The van der Waals surface area contributed by atoms with Crippen molar-refractivity contribution in [1.82, 2.24) is 14.9 Å². The number of benzene rings is 2. The van der Waals surface area contributed by atoms with Gasteiger partial charge in [-0.25, -0.2) is 9.97 Å². The number of anilines is 5. The third-order valence-corrected chi connectivity index (χ3v) is 6.03. The molecule has 0 unspecified atom stereocenters. The number of hydrogen-bond acceptors (Lipinski definition) is 10. The number of aromatic nitrogens is 2. The van der Waals surface area contributed by atoms with E-state index in [9.17, 15) is 4.79 Å². The number of aldehydes is 1. The molecule has 1 aromatic heterocycles. The van der Waals surface area contributed by atoms with Gasteiger partial charge in [-0.3, -0.25) is 0 Å². The van der Waals surface area contributed by atoms with Gasteiger partial charge in [0.25, 0.3) is 0 Å². The molecule has 0 radical (unpaired) electrons. The molecule has 3 aromatic rings. The first kappa shape index (κ1) is 35.0. The summed E-state index contributed by atoms with van der Waals surface area (Å²) in [5.41, 5.74) is 11.7. The lowest BCUT2D eigenvalue weighted by atomic mass is 10.2. The maximum absolute atomic E-state index is 9.56. The highest BCUT2D eigenvalue weighted by atomic mass is 16.5. The minimum atomic E-state index is 0.319. The SMILES string of the molecule is CCCCC=O.COc1cc(N(C)CCN(C)C)c(N)cc1Nc1nccc(C)n1.Cc1ccc(O)cc1N(C)C. The van der Waals surface area contributed by atoms with Gasteiger partial charge in [0.2, 0.25) is 5.95 Å². The van der Waals surface area contributed by atoms with E-state index in [0.29, 0.717) is 23.1 Å². The van der Waals surface area contributed by atoms with Gasteiger partial charge >= 0.3 is 0 Å². The van der Waals surface area contributed by atoms with Crippen molar-refractivity contribution < 1.29 is 14.6 Å². The molecule has 0 atom stereocenters. The summed E-state index contributed by atoms with van der Waals surface area (Å²) in [7, 11) is 11.7. The lowest BCUT2D eigenvalue weighted by Crippen LogP contribution is -2.29. The van der Waals surface area contributed by atoms with E-state index in [4.69, 9.17) is 15.6 Å². The number of nitrogens with zero attached hydrogens (tertiary/aromatic N) is 5. The highest BCUT2D eigenvalue weighted by Gasteiger charge is 2.13. The predicted molar refractivity (Wildman–Crippen MR) is 172 cm³/mol. The van der Waals surface area contributed by atoms with Gasteiger partial charge < -0.3 is 40.4 Å². The van der Waals surface area contributed by atoms with Crippen LogP contribution in [0.3, 0.4) is 0 Å². The van der Waals surface area contributed by atoms with Crippen molar-refractivity contribution in [3.63, 3.8) is 0 Å². The van der Waals surface area contributed by atoms with Crippen LogP contribution in [-0.4, -0.2) is 81.7 Å². The molecule has 0 aliphatic carbocycles. The van der Waals surface area contributed by atoms with E-state index in [1.54, 1.807) is 25.4 Å². The third-order valence-electron chi connectivity index (χ3n) is 6.03. The van der Waals surface area contributed by atoms with E-state index >= 15 is 0 Å². The van der Waals surface area contributed by atoms with Crippen LogP contribution in [0, 0.1) is 13.8 Å². The smallest absolute Gasteiger partial charge is 0.227 e. The Morgan fingerprint density at radius 2 is 1.73 bits per heavy atom. The number of rotatable bonds is 11. The molecule has 0 bridgehead atoms. The van der Waals surface area contributed by atoms with Crippen LogP contribution < -0.4 is 25.6 Å². The molecule has 1 heterocycles. The lowest BCUT2D eigenvalue weighted by Gasteiger charge is -2.24. The fourth-order valence-corrected chi connectivity index (χ4v) is 3.65. The number of likely N-dealkylation sites (N-methyl/N-ethyl adjacent to an activating group) is 2. The van der Waals surface area contributed by atoms with Crippen LogP contribution in [-0.2, 0) is 4.79 Å². The van der Waals surface area contributed by atoms with Gasteiger partial charge in [-0.05, 0) is 58.1 Å². The second-order valence-corrected chi connectivity index (χ2v) is 10.2. The van der Waals surface area contributed by atoms with Crippen LogP contribution in [0.4, 0.5) is 28.7 Å². The number of aryl methyl sites for hydroxylation is 2. The minimum Gasteiger partial charge on any atom is -0.508 e. The maximum Gasteiger partial charge on any atom is 0.227 e. The van der Waals surface area contributed by atoms with Crippen LogP contribution in [0.15, 0.2) is 42.6 Å². The largest absolute Gasteiger partial charge is 0.508 e. The summed E-state index contributed by atoms with van der Waals surface area (Å²) in [6, 6.07) is 11.0. The summed E-state index contributed by atoms with van der Waals surface area (Å²) in [4.78, 5) is 24.4. The van der Waals surface area contributed by atoms with E-state index < -0.39 is 0 Å². The number of carbonyl (C=O) groups is 1. The Hall–Kier alpha value is -4.05. The van der Waals surface area contributed by atoms with Crippen molar-refractivity contribution in [3.8, 4) is 11.5 Å². The van der Waals surface area contributed by atoms with Gasteiger partial charge in [-0.2, -0.15) is 0 Å². The first-order valence-electron chi connectivity index (χ1n) is 13.7. The average Bonchev–Trinajstić information content (AvgIpc) is 2.92. The Labute approximate surface area is 246 Å². The zero-order valence-electron chi connectivity index (χ0n) is 26.2. The molecule has 226 valence electrons. The Morgan fingerprint density at radius 3 is 2.24 bits per heavy atom. The van der Waals surface area contributed by atoms with Gasteiger partial charge in [0.15, 0.2) is 0 Å². The molecule has 4 N–H and O–H groups in total. The molecule has 0 saturated heterocycles. The number of hydrogen-bond donors (Lipinski definition) is 3. The molecule has 0 spiro atoms. The number of phenols is 1. The fourth-order valence-electron chi connectivity index (χ4n) is 3.65. The van der Waals surface area contributed by atoms with Gasteiger partial charge in [-0.15, -0.1) is 0 Å². The van der Waals surface area contributed by atoms with Crippen LogP contribution in [0.1, 0.15) is 37.4 Å².